The van der Waals surface area contributed by atoms with Crippen LogP contribution in [0.4, 0.5) is 4.79 Å². The van der Waals surface area contributed by atoms with Crippen LogP contribution in [-0.4, -0.2) is 47.2 Å². The second kappa shape index (κ2) is 7.87. The third-order valence-corrected chi connectivity index (χ3v) is 5.12. The van der Waals surface area contributed by atoms with Crippen molar-refractivity contribution in [3.05, 3.63) is 35.9 Å². The quantitative estimate of drug-likeness (QED) is 0.882. The molecule has 0 radical (unpaired) electrons. The summed E-state index contributed by atoms with van der Waals surface area (Å²) >= 11 is 0. The second-order valence-corrected chi connectivity index (χ2v) is 7.09. The Morgan fingerprint density at radius 2 is 1.80 bits per heavy atom. The van der Waals surface area contributed by atoms with Crippen molar-refractivity contribution in [2.24, 2.45) is 5.92 Å². The fourth-order valence-electron chi connectivity index (χ4n) is 3.72. The van der Waals surface area contributed by atoms with Crippen LogP contribution in [-0.2, 0) is 9.53 Å². The fraction of sp³-hybridized carbons (Fsp3) is 0.579. The van der Waals surface area contributed by atoms with Crippen LogP contribution in [0.15, 0.2) is 30.3 Å². The van der Waals surface area contributed by atoms with E-state index in [0.29, 0.717) is 25.9 Å². The molecule has 1 saturated heterocycles. The molecule has 2 amide bonds. The van der Waals surface area contributed by atoms with Crippen LogP contribution in [0.2, 0.25) is 0 Å². The average molecular weight is 346 g/mol. The molecule has 2 unspecified atom stereocenters. The molecule has 0 aromatic heterocycles. The molecule has 1 aliphatic heterocycles. The van der Waals surface area contributed by atoms with Gasteiger partial charge in [-0.25, -0.2) is 4.79 Å². The summed E-state index contributed by atoms with van der Waals surface area (Å²) in [4.78, 5) is 25.5. The van der Waals surface area contributed by atoms with E-state index in [1.54, 1.807) is 0 Å². The van der Waals surface area contributed by atoms with E-state index in [9.17, 15) is 9.59 Å². The lowest BCUT2D eigenvalue weighted by Crippen LogP contribution is -2.52. The highest BCUT2D eigenvalue weighted by atomic mass is 16.5. The zero-order chi connectivity index (χ0) is 17.8. The number of benzene rings is 1. The predicted molar refractivity (Wildman–Crippen MR) is 93.2 cm³/mol. The molecule has 0 spiro atoms. The zero-order valence-electron chi connectivity index (χ0n) is 14.6. The molecule has 6 nitrogen and oxygen atoms in total. The van der Waals surface area contributed by atoms with Crippen LogP contribution in [0.25, 0.3) is 0 Å². The maximum atomic E-state index is 12.6. The van der Waals surface area contributed by atoms with Crippen LogP contribution >= 0.6 is 0 Å². The molecule has 1 aromatic carbocycles. The number of ether oxygens (including phenoxy) is 1. The molecule has 2 aliphatic rings. The maximum absolute atomic E-state index is 12.6. The third-order valence-electron chi connectivity index (χ3n) is 5.12. The summed E-state index contributed by atoms with van der Waals surface area (Å²) in [5.41, 5.74) is 1.08. The molecule has 6 heteroatoms. The number of urea groups is 1. The molecule has 2 fully saturated rings. The highest BCUT2D eigenvalue weighted by molar-refractivity contribution is 5.75. The molecule has 2 atom stereocenters. The van der Waals surface area contributed by atoms with Gasteiger partial charge in [0, 0.05) is 12.6 Å². The van der Waals surface area contributed by atoms with Gasteiger partial charge in [-0.1, -0.05) is 30.3 Å². The van der Waals surface area contributed by atoms with Gasteiger partial charge in [-0.15, -0.1) is 0 Å². The Hall–Kier alpha value is -2.08. The van der Waals surface area contributed by atoms with Gasteiger partial charge < -0.3 is 20.1 Å². The standard InChI is InChI=1S/C19H26N2O4/c1-13-11-21(12-17(25-13)14-5-3-2-4-6-14)19(24)20-16-9-7-15(8-10-16)18(22)23/h2-6,13,15-17H,7-12H2,1H3,(H,20,24)(H,22,23). The van der Waals surface area contributed by atoms with Gasteiger partial charge in [-0.05, 0) is 38.2 Å². The number of carbonyl (C=O) groups is 2. The highest BCUT2D eigenvalue weighted by Crippen LogP contribution is 2.27. The van der Waals surface area contributed by atoms with Gasteiger partial charge in [0.15, 0.2) is 0 Å². The number of nitrogens with zero attached hydrogens (tertiary/aromatic N) is 1. The van der Waals surface area contributed by atoms with Gasteiger partial charge in [0.1, 0.15) is 6.10 Å². The summed E-state index contributed by atoms with van der Waals surface area (Å²) in [6.07, 6.45) is 2.58. The third kappa shape index (κ3) is 4.51. The van der Waals surface area contributed by atoms with E-state index in [-0.39, 0.29) is 30.2 Å². The fourth-order valence-corrected chi connectivity index (χ4v) is 3.72. The van der Waals surface area contributed by atoms with Gasteiger partial charge >= 0.3 is 12.0 Å². The lowest BCUT2D eigenvalue weighted by atomic mass is 9.86. The minimum atomic E-state index is -0.725. The van der Waals surface area contributed by atoms with Crippen molar-refractivity contribution >= 4 is 12.0 Å². The van der Waals surface area contributed by atoms with E-state index >= 15 is 0 Å². The number of carboxylic acids is 1. The van der Waals surface area contributed by atoms with Crippen molar-refractivity contribution in [3.8, 4) is 0 Å². The molecular weight excluding hydrogens is 320 g/mol. The normalized spacial score (nSPS) is 29.9. The first-order chi connectivity index (χ1) is 12.0. The summed E-state index contributed by atoms with van der Waals surface area (Å²) in [5.74, 6) is -0.989. The summed E-state index contributed by atoms with van der Waals surface area (Å²) in [6, 6.07) is 9.95. The molecule has 136 valence electrons. The zero-order valence-corrected chi connectivity index (χ0v) is 14.6. The summed E-state index contributed by atoms with van der Waals surface area (Å²) in [7, 11) is 0. The van der Waals surface area contributed by atoms with Gasteiger partial charge in [0.25, 0.3) is 0 Å². The Morgan fingerprint density at radius 1 is 1.12 bits per heavy atom. The van der Waals surface area contributed by atoms with Crippen LogP contribution in [0.5, 0.6) is 0 Å². The molecule has 1 aliphatic carbocycles. The molecule has 1 heterocycles. The van der Waals surface area contributed by atoms with Crippen molar-refractivity contribution in [1.29, 1.82) is 0 Å². The van der Waals surface area contributed by atoms with Gasteiger partial charge in [0.2, 0.25) is 0 Å². The van der Waals surface area contributed by atoms with E-state index in [4.69, 9.17) is 9.84 Å². The molecule has 2 N–H and O–H groups in total. The molecule has 1 aromatic rings. The Balaban J connectivity index is 1.55. The van der Waals surface area contributed by atoms with Crippen molar-refractivity contribution in [2.45, 2.75) is 50.9 Å². The van der Waals surface area contributed by atoms with Crippen LogP contribution in [0, 0.1) is 5.92 Å². The van der Waals surface area contributed by atoms with E-state index < -0.39 is 5.97 Å². The Kier molecular flexibility index (Phi) is 5.58. The molecule has 25 heavy (non-hydrogen) atoms. The SMILES string of the molecule is CC1CN(C(=O)NC2CCC(C(=O)O)CC2)CC(c2ccccc2)O1. The number of carboxylic acid groups (broad SMARTS) is 1. The summed E-state index contributed by atoms with van der Waals surface area (Å²) in [5, 5.41) is 12.1. The van der Waals surface area contributed by atoms with E-state index in [1.165, 1.54) is 0 Å². The predicted octanol–water partition coefficient (Wildman–Crippen LogP) is 2.80. The first kappa shape index (κ1) is 17.7. The van der Waals surface area contributed by atoms with Gasteiger partial charge in [-0.2, -0.15) is 0 Å². The second-order valence-electron chi connectivity index (χ2n) is 7.09. The Morgan fingerprint density at radius 3 is 2.44 bits per heavy atom. The minimum absolute atomic E-state index is 0.0209. The number of hydrogen-bond acceptors (Lipinski definition) is 3. The number of morpholine rings is 1. The van der Waals surface area contributed by atoms with Crippen LogP contribution in [0.1, 0.15) is 44.3 Å². The van der Waals surface area contributed by atoms with Crippen molar-refractivity contribution in [3.63, 3.8) is 0 Å². The van der Waals surface area contributed by atoms with Crippen molar-refractivity contribution in [2.75, 3.05) is 13.1 Å². The van der Waals surface area contributed by atoms with Crippen molar-refractivity contribution in [1.82, 2.24) is 10.2 Å². The molecular formula is C19H26N2O4. The number of hydrogen-bond donors (Lipinski definition) is 2. The maximum Gasteiger partial charge on any atom is 0.317 e. The van der Waals surface area contributed by atoms with Crippen LogP contribution in [0.3, 0.4) is 0 Å². The van der Waals surface area contributed by atoms with Crippen LogP contribution < -0.4 is 5.32 Å². The number of rotatable bonds is 3. The Bertz CT molecular complexity index is 599. The van der Waals surface area contributed by atoms with E-state index in [0.717, 1.165) is 18.4 Å². The lowest BCUT2D eigenvalue weighted by molar-refractivity contribution is -0.142. The largest absolute Gasteiger partial charge is 0.481 e. The number of nitrogens with one attached hydrogen (secondary N) is 1. The lowest BCUT2D eigenvalue weighted by Gasteiger charge is -2.38. The number of aliphatic carboxylic acids is 1. The number of amides is 2. The minimum Gasteiger partial charge on any atom is -0.481 e. The van der Waals surface area contributed by atoms with Crippen molar-refractivity contribution < 1.29 is 19.4 Å². The Labute approximate surface area is 148 Å². The summed E-state index contributed by atoms with van der Waals surface area (Å²) < 4.78 is 6.00. The molecule has 3 rings (SSSR count). The monoisotopic (exact) mass is 346 g/mol. The first-order valence-corrected chi connectivity index (χ1v) is 9.01. The van der Waals surface area contributed by atoms with E-state index in [2.05, 4.69) is 5.32 Å². The average Bonchev–Trinajstić information content (AvgIpc) is 2.62. The first-order valence-electron chi connectivity index (χ1n) is 9.01. The number of carbonyl (C=O) groups excluding carboxylic acids is 1. The topological polar surface area (TPSA) is 78.9 Å². The van der Waals surface area contributed by atoms with E-state index in [1.807, 2.05) is 42.2 Å². The smallest absolute Gasteiger partial charge is 0.317 e. The molecule has 0 bridgehead atoms. The molecule has 1 saturated carbocycles. The highest BCUT2D eigenvalue weighted by Gasteiger charge is 2.32. The van der Waals surface area contributed by atoms with Gasteiger partial charge in [-0.3, -0.25) is 4.79 Å². The summed E-state index contributed by atoms with van der Waals surface area (Å²) in [6.45, 7) is 3.08. The van der Waals surface area contributed by atoms with Gasteiger partial charge in [0.05, 0.1) is 18.6 Å².